The Morgan fingerprint density at radius 1 is 1.03 bits per heavy atom. The number of nitriles is 1. The SMILES string of the molecule is CO[NH2+]c1ccc(S(=O)(=O)/C(C#N)=C/c2cc(C(C)(C)C)c(O)c(C(C)(C)C)c2)cc1. The van der Waals surface area contributed by atoms with E-state index in [0.29, 0.717) is 22.4 Å². The van der Waals surface area contributed by atoms with E-state index in [0.717, 1.165) is 0 Å². The molecule has 0 atom stereocenters. The zero-order valence-corrected chi connectivity index (χ0v) is 20.0. The van der Waals surface area contributed by atoms with Crippen LogP contribution >= 0.6 is 0 Å². The smallest absolute Gasteiger partial charge is 0.216 e. The van der Waals surface area contributed by atoms with Gasteiger partial charge in [0.15, 0.2) is 5.69 Å². The number of aromatic hydroxyl groups is 1. The van der Waals surface area contributed by atoms with Crippen molar-refractivity contribution in [3.63, 3.8) is 0 Å². The number of rotatable bonds is 5. The highest BCUT2D eigenvalue weighted by molar-refractivity contribution is 7.95. The lowest BCUT2D eigenvalue weighted by molar-refractivity contribution is -0.830. The molecule has 0 aromatic heterocycles. The molecule has 7 heteroatoms. The summed E-state index contributed by atoms with van der Waals surface area (Å²) in [5.74, 6) is 0.198. The molecular formula is C24H31N2O4S+. The molecule has 3 N–H and O–H groups in total. The largest absolute Gasteiger partial charge is 0.507 e. The standard InChI is InChI=1S/C24H30N2O4S/c1-23(2,3)20-13-16(14-21(22(20)27)24(4,5)6)12-19(15-25)31(28,29)18-10-8-17(9-11-18)26-30-7/h8-14,26-27H,1-7H3/p+1/b19-12+. The molecule has 0 unspecified atom stereocenters. The third-order valence-electron chi connectivity index (χ3n) is 4.89. The summed E-state index contributed by atoms with van der Waals surface area (Å²) in [5.41, 5.74) is 3.42. The van der Waals surface area contributed by atoms with Gasteiger partial charge < -0.3 is 5.11 Å². The van der Waals surface area contributed by atoms with Crippen LogP contribution in [-0.4, -0.2) is 20.6 Å². The summed E-state index contributed by atoms with van der Waals surface area (Å²) in [6.45, 7) is 11.8. The fourth-order valence-electron chi connectivity index (χ4n) is 3.19. The Morgan fingerprint density at radius 3 is 1.90 bits per heavy atom. The first kappa shape index (κ1) is 24.6. The topological polar surface area (TPSA) is 104 Å². The van der Waals surface area contributed by atoms with E-state index in [1.807, 2.05) is 47.6 Å². The first-order valence-corrected chi connectivity index (χ1v) is 11.4. The predicted octanol–water partition coefficient (Wildman–Crippen LogP) is 4.08. The van der Waals surface area contributed by atoms with Gasteiger partial charge in [-0.05, 0) is 46.7 Å². The van der Waals surface area contributed by atoms with E-state index in [2.05, 4.69) is 0 Å². The van der Waals surface area contributed by atoms with Crippen molar-refractivity contribution in [3.8, 4) is 11.8 Å². The lowest BCUT2D eigenvalue weighted by atomic mass is 9.78. The highest BCUT2D eigenvalue weighted by Crippen LogP contribution is 2.40. The molecule has 0 amide bonds. The van der Waals surface area contributed by atoms with Crippen LogP contribution in [0.3, 0.4) is 0 Å². The van der Waals surface area contributed by atoms with E-state index < -0.39 is 9.84 Å². The quantitative estimate of drug-likeness (QED) is 0.412. The fourth-order valence-corrected chi connectivity index (χ4v) is 4.35. The van der Waals surface area contributed by atoms with Gasteiger partial charge in [0.2, 0.25) is 9.84 Å². The minimum absolute atomic E-state index is 0.0272. The van der Waals surface area contributed by atoms with Gasteiger partial charge in [0, 0.05) is 23.3 Å². The summed E-state index contributed by atoms with van der Waals surface area (Å²) in [7, 11) is -2.49. The summed E-state index contributed by atoms with van der Waals surface area (Å²) < 4.78 is 26.2. The molecule has 166 valence electrons. The van der Waals surface area contributed by atoms with Gasteiger partial charge in [-0.1, -0.05) is 41.5 Å². The van der Waals surface area contributed by atoms with Gasteiger partial charge in [-0.25, -0.2) is 13.3 Å². The monoisotopic (exact) mass is 443 g/mol. The summed E-state index contributed by atoms with van der Waals surface area (Å²) in [4.78, 5) is 4.60. The third kappa shape index (κ3) is 5.53. The summed E-state index contributed by atoms with van der Waals surface area (Å²) >= 11 is 0. The second-order valence-electron chi connectivity index (χ2n) is 9.51. The molecule has 0 bridgehead atoms. The number of quaternary nitrogens is 1. The van der Waals surface area contributed by atoms with Gasteiger partial charge in [-0.3, -0.25) is 0 Å². The van der Waals surface area contributed by atoms with E-state index in [1.54, 1.807) is 24.3 Å². The molecule has 6 nitrogen and oxygen atoms in total. The molecule has 2 aromatic carbocycles. The Kier molecular flexibility index (Phi) is 7.01. The first-order valence-electron chi connectivity index (χ1n) is 9.92. The van der Waals surface area contributed by atoms with Crippen molar-refractivity contribution in [1.29, 1.82) is 5.26 Å². The number of hydrogen-bond donors (Lipinski definition) is 2. The van der Waals surface area contributed by atoms with Crippen LogP contribution in [0.2, 0.25) is 0 Å². The Balaban J connectivity index is 2.66. The van der Waals surface area contributed by atoms with E-state index in [-0.39, 0.29) is 26.4 Å². The van der Waals surface area contributed by atoms with Crippen LogP contribution in [0.4, 0.5) is 5.69 Å². The normalized spacial score (nSPS) is 13.2. The van der Waals surface area contributed by atoms with Gasteiger partial charge in [0.25, 0.3) is 0 Å². The van der Waals surface area contributed by atoms with Crippen molar-refractivity contribution in [2.45, 2.75) is 57.3 Å². The summed E-state index contributed by atoms with van der Waals surface area (Å²) in [6.07, 6.45) is 1.37. The van der Waals surface area contributed by atoms with Crippen molar-refractivity contribution >= 4 is 21.6 Å². The molecule has 0 spiro atoms. The van der Waals surface area contributed by atoms with Crippen LogP contribution in [0.15, 0.2) is 46.2 Å². The van der Waals surface area contributed by atoms with Crippen molar-refractivity contribution in [2.75, 3.05) is 7.11 Å². The van der Waals surface area contributed by atoms with E-state index >= 15 is 0 Å². The van der Waals surface area contributed by atoms with Crippen molar-refractivity contribution < 1.29 is 23.8 Å². The number of hydrogen-bond acceptors (Lipinski definition) is 5. The van der Waals surface area contributed by atoms with Gasteiger partial charge in [0.05, 0.1) is 12.0 Å². The number of phenolic OH excluding ortho intramolecular Hbond substituents is 1. The molecule has 0 saturated heterocycles. The van der Waals surface area contributed by atoms with Crippen LogP contribution in [0.5, 0.6) is 5.75 Å². The third-order valence-corrected chi connectivity index (χ3v) is 6.57. The minimum atomic E-state index is -4.01. The lowest BCUT2D eigenvalue weighted by Crippen LogP contribution is -2.75. The molecule has 0 radical (unpaired) electrons. The maximum Gasteiger partial charge on any atom is 0.216 e. The van der Waals surface area contributed by atoms with Gasteiger partial charge >= 0.3 is 0 Å². The fraction of sp³-hybridized carbons (Fsp3) is 0.375. The Morgan fingerprint density at radius 2 is 1.52 bits per heavy atom. The molecular weight excluding hydrogens is 412 g/mol. The number of nitrogens with zero attached hydrogens (tertiary/aromatic N) is 1. The van der Waals surface area contributed by atoms with Crippen LogP contribution in [0, 0.1) is 11.3 Å². The molecule has 0 heterocycles. The predicted molar refractivity (Wildman–Crippen MR) is 121 cm³/mol. The summed E-state index contributed by atoms with van der Waals surface area (Å²) in [5, 5.41) is 20.5. The van der Waals surface area contributed by atoms with Gasteiger partial charge in [0.1, 0.15) is 16.7 Å². The molecule has 31 heavy (non-hydrogen) atoms. The average Bonchev–Trinajstić information content (AvgIpc) is 2.65. The number of nitrogens with two attached hydrogens (primary N) is 1. The van der Waals surface area contributed by atoms with Crippen molar-refractivity contribution in [2.24, 2.45) is 0 Å². The van der Waals surface area contributed by atoms with Crippen molar-refractivity contribution in [1.82, 2.24) is 0 Å². The number of benzene rings is 2. The first-order chi connectivity index (χ1) is 14.2. The zero-order valence-electron chi connectivity index (χ0n) is 19.1. The Bertz CT molecular complexity index is 1090. The van der Waals surface area contributed by atoms with Gasteiger partial charge in [-0.15, -0.1) is 0 Å². The minimum Gasteiger partial charge on any atom is -0.507 e. The molecule has 2 aromatic rings. The molecule has 0 aliphatic rings. The number of sulfone groups is 1. The summed E-state index contributed by atoms with van der Waals surface area (Å²) in [6, 6.07) is 11.4. The van der Waals surface area contributed by atoms with Crippen molar-refractivity contribution in [3.05, 3.63) is 58.0 Å². The lowest BCUT2D eigenvalue weighted by Gasteiger charge is -2.28. The Labute approximate surface area is 185 Å². The second kappa shape index (κ2) is 8.83. The Hall–Kier alpha value is -2.66. The van der Waals surface area contributed by atoms with E-state index in [4.69, 9.17) is 4.84 Å². The van der Waals surface area contributed by atoms with Crippen LogP contribution in [0.1, 0.15) is 58.2 Å². The second-order valence-corrected chi connectivity index (χ2v) is 11.4. The molecule has 0 aliphatic carbocycles. The van der Waals surface area contributed by atoms with E-state index in [1.165, 1.54) is 30.8 Å². The average molecular weight is 444 g/mol. The highest BCUT2D eigenvalue weighted by atomic mass is 32.2. The number of allylic oxidation sites excluding steroid dienone is 1. The number of phenols is 1. The molecule has 0 fully saturated rings. The van der Waals surface area contributed by atoms with Crippen LogP contribution in [-0.2, 0) is 25.5 Å². The van der Waals surface area contributed by atoms with Crippen LogP contribution < -0.4 is 5.48 Å². The maximum atomic E-state index is 13.1. The molecule has 2 rings (SSSR count). The zero-order chi connectivity index (χ0) is 23.6. The molecule has 0 saturated carbocycles. The molecule has 0 aliphatic heterocycles. The van der Waals surface area contributed by atoms with E-state index in [9.17, 15) is 18.8 Å². The van der Waals surface area contributed by atoms with Crippen LogP contribution in [0.25, 0.3) is 6.08 Å². The highest BCUT2D eigenvalue weighted by Gasteiger charge is 2.27. The van der Waals surface area contributed by atoms with Gasteiger partial charge in [-0.2, -0.15) is 10.7 Å². The maximum absolute atomic E-state index is 13.1.